The molecule has 13 heteroatoms. The number of carboxylic acids is 1. The molecule has 2 saturated heterocycles. The molecule has 0 bridgehead atoms. The van der Waals surface area contributed by atoms with Crippen LogP contribution in [0.3, 0.4) is 0 Å². The number of nitrogens with zero attached hydrogens (tertiary/aromatic N) is 2. The summed E-state index contributed by atoms with van der Waals surface area (Å²) >= 11 is 0. The van der Waals surface area contributed by atoms with E-state index < -0.39 is 5.97 Å². The lowest BCUT2D eigenvalue weighted by atomic mass is 9.94. The van der Waals surface area contributed by atoms with E-state index in [4.69, 9.17) is 19.3 Å². The standard InChI is InChI=1S/C43H62N2O9S2/c46-38-12-8-36(9-13-38)32-42(50)52-28-20-34-16-22-44(23-17-34)26-30-55-56-31-27-45-24-18-35(19-25-45)21-29-53-43(51)33-37-10-14-39(15-11-37)54-41(49)7-5-3-1-2-4-6-40(47)48/h8-15,34-35,46H,1-7,16-33H2,(H,47,48). The van der Waals surface area contributed by atoms with Crippen molar-refractivity contribution in [1.29, 1.82) is 0 Å². The van der Waals surface area contributed by atoms with Crippen molar-refractivity contribution in [2.45, 2.75) is 96.3 Å². The van der Waals surface area contributed by atoms with Gasteiger partial charge in [0.15, 0.2) is 0 Å². The molecule has 2 heterocycles. The van der Waals surface area contributed by atoms with Gasteiger partial charge in [0.05, 0.1) is 26.1 Å². The molecule has 0 aromatic heterocycles. The molecular weight excluding hydrogens is 753 g/mol. The van der Waals surface area contributed by atoms with Gasteiger partial charge in [0, 0.05) is 37.4 Å². The fraction of sp³-hybridized carbons (Fsp3) is 0.628. The number of ether oxygens (including phenoxy) is 3. The summed E-state index contributed by atoms with van der Waals surface area (Å²) in [6.45, 7) is 7.58. The number of phenols is 1. The number of carbonyl (C=O) groups excluding carboxylic acids is 3. The molecule has 0 saturated carbocycles. The van der Waals surface area contributed by atoms with Crippen LogP contribution in [0.1, 0.15) is 94.6 Å². The van der Waals surface area contributed by atoms with Crippen molar-refractivity contribution >= 4 is 45.5 Å². The van der Waals surface area contributed by atoms with E-state index in [1.165, 1.54) is 0 Å². The van der Waals surface area contributed by atoms with Gasteiger partial charge in [-0.2, -0.15) is 0 Å². The molecule has 0 radical (unpaired) electrons. The third-order valence-electron chi connectivity index (χ3n) is 10.6. The third kappa shape index (κ3) is 19.7. The van der Waals surface area contributed by atoms with Crippen LogP contribution < -0.4 is 4.74 Å². The highest BCUT2D eigenvalue weighted by Gasteiger charge is 2.21. The van der Waals surface area contributed by atoms with Gasteiger partial charge in [-0.25, -0.2) is 0 Å². The number of carbonyl (C=O) groups is 4. The highest BCUT2D eigenvalue weighted by Crippen LogP contribution is 2.26. The zero-order valence-electron chi connectivity index (χ0n) is 32.9. The Bertz CT molecular complexity index is 1440. The number of piperidine rings is 2. The lowest BCUT2D eigenvalue weighted by Crippen LogP contribution is -2.36. The van der Waals surface area contributed by atoms with Crippen molar-refractivity contribution in [2.75, 3.05) is 64.0 Å². The van der Waals surface area contributed by atoms with E-state index in [2.05, 4.69) is 9.80 Å². The van der Waals surface area contributed by atoms with Crippen LogP contribution in [0, 0.1) is 11.8 Å². The molecule has 2 aliphatic rings. The molecule has 0 aliphatic carbocycles. The van der Waals surface area contributed by atoms with Crippen molar-refractivity contribution in [3.8, 4) is 11.5 Å². The monoisotopic (exact) mass is 814 g/mol. The molecule has 0 atom stereocenters. The number of aliphatic carboxylic acids is 1. The van der Waals surface area contributed by atoms with Crippen LogP contribution >= 0.6 is 21.6 Å². The zero-order valence-corrected chi connectivity index (χ0v) is 34.5. The highest BCUT2D eigenvalue weighted by molar-refractivity contribution is 8.76. The van der Waals surface area contributed by atoms with Crippen LogP contribution in [0.5, 0.6) is 11.5 Å². The van der Waals surface area contributed by atoms with E-state index in [-0.39, 0.29) is 42.9 Å². The summed E-state index contributed by atoms with van der Waals surface area (Å²) in [5, 5.41) is 18.1. The Morgan fingerprint density at radius 3 is 1.54 bits per heavy atom. The lowest BCUT2D eigenvalue weighted by molar-refractivity contribution is -0.144. The first-order valence-electron chi connectivity index (χ1n) is 20.5. The van der Waals surface area contributed by atoms with Crippen molar-refractivity contribution < 1.29 is 43.6 Å². The van der Waals surface area contributed by atoms with Gasteiger partial charge in [-0.05, 0) is 125 Å². The molecule has 0 spiro atoms. The molecule has 2 N–H and O–H groups in total. The topological polar surface area (TPSA) is 143 Å². The maximum Gasteiger partial charge on any atom is 0.311 e. The minimum Gasteiger partial charge on any atom is -0.508 e. The average molecular weight is 815 g/mol. The number of likely N-dealkylation sites (tertiary alicyclic amines) is 2. The van der Waals surface area contributed by atoms with Crippen LogP contribution in [0.15, 0.2) is 48.5 Å². The minimum atomic E-state index is -0.771. The Kier molecular flexibility index (Phi) is 21.6. The maximum absolute atomic E-state index is 12.4. The lowest BCUT2D eigenvalue weighted by Gasteiger charge is -2.32. The van der Waals surface area contributed by atoms with Crippen LogP contribution in [-0.2, 0) is 41.5 Å². The fourth-order valence-corrected chi connectivity index (χ4v) is 9.17. The molecule has 11 nitrogen and oxygen atoms in total. The number of benzene rings is 2. The number of unbranched alkanes of at least 4 members (excludes halogenated alkanes) is 4. The quantitative estimate of drug-likeness (QED) is 0.0418. The number of carboxylic acid groups (broad SMARTS) is 1. The van der Waals surface area contributed by atoms with Crippen molar-refractivity contribution in [2.24, 2.45) is 11.8 Å². The summed E-state index contributed by atoms with van der Waals surface area (Å²) in [6.07, 6.45) is 11.4. The molecule has 0 unspecified atom stereocenters. The second kappa shape index (κ2) is 26.6. The molecule has 2 aromatic carbocycles. The van der Waals surface area contributed by atoms with E-state index in [1.807, 2.05) is 21.6 Å². The van der Waals surface area contributed by atoms with Crippen molar-refractivity contribution in [1.82, 2.24) is 9.80 Å². The third-order valence-corrected chi connectivity index (χ3v) is 13.0. The second-order valence-electron chi connectivity index (χ2n) is 15.0. The van der Waals surface area contributed by atoms with Gasteiger partial charge in [0.25, 0.3) is 0 Å². The van der Waals surface area contributed by atoms with Crippen LogP contribution in [0.4, 0.5) is 0 Å². The molecule has 0 amide bonds. The average Bonchev–Trinajstić information content (AvgIpc) is 3.18. The van der Waals surface area contributed by atoms with E-state index in [0.717, 1.165) is 120 Å². The number of phenolic OH excluding ortho intramolecular Hbond substituents is 1. The Morgan fingerprint density at radius 2 is 1.05 bits per heavy atom. The van der Waals surface area contributed by atoms with Gasteiger partial charge < -0.3 is 34.2 Å². The predicted molar refractivity (Wildman–Crippen MR) is 222 cm³/mol. The van der Waals surface area contributed by atoms with E-state index in [1.54, 1.807) is 48.5 Å². The van der Waals surface area contributed by atoms with Gasteiger partial charge in [-0.3, -0.25) is 19.2 Å². The molecule has 310 valence electrons. The zero-order chi connectivity index (χ0) is 39.8. The molecule has 2 aliphatic heterocycles. The molecular formula is C43H62N2O9S2. The summed E-state index contributed by atoms with van der Waals surface area (Å²) in [7, 11) is 3.95. The second-order valence-corrected chi connectivity index (χ2v) is 17.7. The molecule has 2 fully saturated rings. The SMILES string of the molecule is O=C(O)CCCCCCCC(=O)Oc1ccc(CC(=O)OCCC2CCN(CCSSCCN3CCC(CCOC(=O)Cc4ccc(O)cc4)CC3)CC2)cc1. The normalized spacial score (nSPS) is 15.7. The van der Waals surface area contributed by atoms with Crippen molar-refractivity contribution in [3.05, 3.63) is 59.7 Å². The minimum absolute atomic E-state index is 0.188. The molecule has 4 rings (SSSR count). The smallest absolute Gasteiger partial charge is 0.311 e. The summed E-state index contributed by atoms with van der Waals surface area (Å²) in [5.41, 5.74) is 1.67. The van der Waals surface area contributed by atoms with Gasteiger partial charge in [0.2, 0.25) is 0 Å². The summed E-state index contributed by atoms with van der Waals surface area (Å²) in [5.74, 6) is 2.60. The molecule has 2 aromatic rings. The number of hydrogen-bond donors (Lipinski definition) is 2. The van der Waals surface area contributed by atoms with Crippen LogP contribution in [-0.4, -0.2) is 108 Å². The first-order valence-corrected chi connectivity index (χ1v) is 23.0. The first-order chi connectivity index (χ1) is 27.2. The van der Waals surface area contributed by atoms with Crippen LogP contribution in [0.25, 0.3) is 0 Å². The van der Waals surface area contributed by atoms with Crippen LogP contribution in [0.2, 0.25) is 0 Å². The van der Waals surface area contributed by atoms with Gasteiger partial charge in [-0.1, -0.05) is 65.1 Å². The number of aromatic hydroxyl groups is 1. The number of esters is 3. The largest absolute Gasteiger partial charge is 0.508 e. The predicted octanol–water partition coefficient (Wildman–Crippen LogP) is 7.57. The van der Waals surface area contributed by atoms with Crippen molar-refractivity contribution in [3.63, 3.8) is 0 Å². The Labute approximate surface area is 341 Å². The Hall–Kier alpha value is -3.26. The maximum atomic E-state index is 12.4. The summed E-state index contributed by atoms with van der Waals surface area (Å²) < 4.78 is 16.4. The van der Waals surface area contributed by atoms with E-state index >= 15 is 0 Å². The molecule has 56 heavy (non-hydrogen) atoms. The van der Waals surface area contributed by atoms with E-state index in [9.17, 15) is 24.3 Å². The van der Waals surface area contributed by atoms with E-state index in [0.29, 0.717) is 50.1 Å². The number of hydrogen-bond acceptors (Lipinski definition) is 12. The number of rotatable bonds is 26. The van der Waals surface area contributed by atoms with Gasteiger partial charge in [-0.15, -0.1) is 0 Å². The Morgan fingerprint density at radius 1 is 0.607 bits per heavy atom. The van der Waals surface area contributed by atoms with Gasteiger partial charge in [0.1, 0.15) is 11.5 Å². The first kappa shape index (κ1) is 45.4. The fourth-order valence-electron chi connectivity index (χ4n) is 7.11. The summed E-state index contributed by atoms with van der Waals surface area (Å²) in [4.78, 5) is 52.4. The Balaban J connectivity index is 0.924. The van der Waals surface area contributed by atoms with Gasteiger partial charge >= 0.3 is 23.9 Å². The summed E-state index contributed by atoms with van der Waals surface area (Å²) in [6, 6.07) is 13.7. The highest BCUT2D eigenvalue weighted by atomic mass is 33.1.